The number of aliphatic carboxylic acids is 1. The number of amides is 1. The molecule has 0 saturated heterocycles. The van der Waals surface area contributed by atoms with Gasteiger partial charge in [0.05, 0.1) is 0 Å². The lowest BCUT2D eigenvalue weighted by atomic mass is 10.1. The Kier molecular flexibility index (Phi) is 6.54. The number of hydrogen-bond acceptors (Lipinski definition) is 4. The molecule has 0 radical (unpaired) electrons. The van der Waals surface area contributed by atoms with Crippen molar-refractivity contribution in [2.75, 3.05) is 0 Å². The van der Waals surface area contributed by atoms with E-state index in [9.17, 15) is 18.4 Å². The van der Waals surface area contributed by atoms with E-state index in [1.165, 1.54) is 6.07 Å². The van der Waals surface area contributed by atoms with Gasteiger partial charge in [-0.15, -0.1) is 11.3 Å². The molecule has 1 aromatic heterocycles. The molecular weight excluding hydrogens is 304 g/mol. The molecule has 118 valence electrons. The van der Waals surface area contributed by atoms with Gasteiger partial charge in [-0.3, -0.25) is 4.79 Å². The molecule has 0 saturated carbocycles. The molecule has 21 heavy (non-hydrogen) atoms. The SMILES string of the molecule is CCCC[C@H](NC(=O)c1sc(C)cc1OC(F)F)C(=O)O. The Hall–Kier alpha value is -1.70. The Labute approximate surface area is 124 Å². The van der Waals surface area contributed by atoms with Crippen molar-refractivity contribution in [3.8, 4) is 5.75 Å². The molecule has 2 N–H and O–H groups in total. The minimum Gasteiger partial charge on any atom is -0.480 e. The number of halogens is 2. The maximum Gasteiger partial charge on any atom is 0.387 e. The Morgan fingerprint density at radius 1 is 1.48 bits per heavy atom. The molecule has 8 heteroatoms. The third-order valence-electron chi connectivity index (χ3n) is 2.69. The van der Waals surface area contributed by atoms with E-state index in [0.29, 0.717) is 11.3 Å². The van der Waals surface area contributed by atoms with Gasteiger partial charge >= 0.3 is 12.6 Å². The minimum atomic E-state index is -3.04. The van der Waals surface area contributed by atoms with E-state index in [-0.39, 0.29) is 17.0 Å². The Morgan fingerprint density at radius 2 is 2.14 bits per heavy atom. The standard InChI is InChI=1S/C13H17F2NO4S/c1-3-4-5-8(12(18)19)16-11(17)10-9(20-13(14)15)6-7(2)21-10/h6,8,13H,3-5H2,1-2H3,(H,16,17)(H,18,19)/t8-/m0/s1. The van der Waals surface area contributed by atoms with Gasteiger partial charge in [-0.2, -0.15) is 8.78 Å². The largest absolute Gasteiger partial charge is 0.480 e. The molecule has 1 atom stereocenters. The highest BCUT2D eigenvalue weighted by atomic mass is 32.1. The summed E-state index contributed by atoms with van der Waals surface area (Å²) in [6.07, 6.45) is 1.71. The van der Waals surface area contributed by atoms with Crippen LogP contribution in [0.3, 0.4) is 0 Å². The molecule has 0 spiro atoms. The van der Waals surface area contributed by atoms with E-state index in [4.69, 9.17) is 5.11 Å². The number of carbonyl (C=O) groups excluding carboxylic acids is 1. The first-order valence-corrected chi connectivity index (χ1v) is 7.25. The van der Waals surface area contributed by atoms with Crippen LogP contribution in [0.25, 0.3) is 0 Å². The van der Waals surface area contributed by atoms with Gasteiger partial charge in [-0.1, -0.05) is 19.8 Å². The number of carboxylic acids is 1. The van der Waals surface area contributed by atoms with E-state index < -0.39 is 24.5 Å². The lowest BCUT2D eigenvalue weighted by Crippen LogP contribution is -2.40. The van der Waals surface area contributed by atoms with Crippen LogP contribution in [-0.2, 0) is 4.79 Å². The fourth-order valence-corrected chi connectivity index (χ4v) is 2.57. The first-order chi connectivity index (χ1) is 9.85. The van der Waals surface area contributed by atoms with Crippen LogP contribution < -0.4 is 10.1 Å². The predicted octanol–water partition coefficient (Wildman–Crippen LogP) is 3.03. The topological polar surface area (TPSA) is 75.6 Å². The van der Waals surface area contributed by atoms with Crippen LogP contribution in [0.5, 0.6) is 5.75 Å². The Balaban J connectivity index is 2.84. The number of rotatable bonds is 8. The van der Waals surface area contributed by atoms with Crippen molar-refractivity contribution >= 4 is 23.2 Å². The van der Waals surface area contributed by atoms with Gasteiger partial charge in [0.15, 0.2) is 0 Å². The molecule has 0 aliphatic rings. The fourth-order valence-electron chi connectivity index (χ4n) is 1.72. The number of nitrogens with one attached hydrogen (secondary N) is 1. The van der Waals surface area contributed by atoms with Crippen molar-refractivity contribution in [2.24, 2.45) is 0 Å². The second kappa shape index (κ2) is 7.92. The normalized spacial score (nSPS) is 12.2. The van der Waals surface area contributed by atoms with Crippen LogP contribution in [0.4, 0.5) is 8.78 Å². The Bertz CT molecular complexity index is 504. The average molecular weight is 321 g/mol. The summed E-state index contributed by atoms with van der Waals surface area (Å²) < 4.78 is 28.9. The quantitative estimate of drug-likeness (QED) is 0.771. The first kappa shape index (κ1) is 17.4. The first-order valence-electron chi connectivity index (χ1n) is 6.44. The number of aryl methyl sites for hydroxylation is 1. The van der Waals surface area contributed by atoms with Gasteiger partial charge in [0.25, 0.3) is 5.91 Å². The van der Waals surface area contributed by atoms with E-state index in [1.807, 2.05) is 6.92 Å². The number of carbonyl (C=O) groups is 2. The van der Waals surface area contributed by atoms with Gasteiger partial charge in [0.1, 0.15) is 16.7 Å². The molecule has 1 aromatic rings. The molecule has 1 rings (SSSR count). The molecule has 0 fully saturated rings. The molecule has 0 bridgehead atoms. The van der Waals surface area contributed by atoms with E-state index in [1.54, 1.807) is 6.92 Å². The number of carboxylic acid groups (broad SMARTS) is 1. The second-order valence-electron chi connectivity index (χ2n) is 4.44. The number of hydrogen-bond donors (Lipinski definition) is 2. The minimum absolute atomic E-state index is 0.0458. The average Bonchev–Trinajstić information content (AvgIpc) is 2.73. The van der Waals surface area contributed by atoms with Crippen LogP contribution >= 0.6 is 11.3 Å². The number of unbranched alkanes of at least 4 members (excludes halogenated alkanes) is 1. The highest BCUT2D eigenvalue weighted by molar-refractivity contribution is 7.14. The monoisotopic (exact) mass is 321 g/mol. The fraction of sp³-hybridized carbons (Fsp3) is 0.538. The van der Waals surface area contributed by atoms with Crippen LogP contribution in [0.1, 0.15) is 40.7 Å². The van der Waals surface area contributed by atoms with Crippen molar-refractivity contribution in [2.45, 2.75) is 45.8 Å². The molecule has 0 aromatic carbocycles. The highest BCUT2D eigenvalue weighted by Gasteiger charge is 2.24. The molecule has 1 heterocycles. The summed E-state index contributed by atoms with van der Waals surface area (Å²) >= 11 is 0.979. The second-order valence-corrected chi connectivity index (χ2v) is 5.69. The lowest BCUT2D eigenvalue weighted by molar-refractivity contribution is -0.139. The smallest absolute Gasteiger partial charge is 0.387 e. The zero-order valence-electron chi connectivity index (χ0n) is 11.7. The van der Waals surface area contributed by atoms with E-state index in [2.05, 4.69) is 10.1 Å². The molecule has 0 unspecified atom stereocenters. The zero-order valence-corrected chi connectivity index (χ0v) is 12.5. The summed E-state index contributed by atoms with van der Waals surface area (Å²) in [5.41, 5.74) is 0. The molecule has 5 nitrogen and oxygen atoms in total. The maximum atomic E-state index is 12.3. The third kappa shape index (κ3) is 5.30. The summed E-state index contributed by atoms with van der Waals surface area (Å²) in [5.74, 6) is -2.10. The molecule has 0 aliphatic carbocycles. The van der Waals surface area contributed by atoms with E-state index in [0.717, 1.165) is 17.8 Å². The number of ether oxygens (including phenoxy) is 1. The highest BCUT2D eigenvalue weighted by Crippen LogP contribution is 2.30. The molecule has 0 aliphatic heterocycles. The Morgan fingerprint density at radius 3 is 2.67 bits per heavy atom. The molecule has 1 amide bonds. The van der Waals surface area contributed by atoms with Crippen LogP contribution in [0.15, 0.2) is 6.07 Å². The van der Waals surface area contributed by atoms with E-state index >= 15 is 0 Å². The molecular formula is C13H17F2NO4S. The lowest BCUT2D eigenvalue weighted by Gasteiger charge is -2.14. The van der Waals surface area contributed by atoms with Crippen molar-refractivity contribution in [3.05, 3.63) is 15.8 Å². The summed E-state index contributed by atoms with van der Waals surface area (Å²) in [5, 5.41) is 11.4. The predicted molar refractivity (Wildman–Crippen MR) is 74.1 cm³/mol. The van der Waals surface area contributed by atoms with Crippen LogP contribution in [0.2, 0.25) is 0 Å². The van der Waals surface area contributed by atoms with Crippen LogP contribution in [-0.4, -0.2) is 29.6 Å². The summed E-state index contributed by atoms with van der Waals surface area (Å²) in [7, 11) is 0. The summed E-state index contributed by atoms with van der Waals surface area (Å²) in [6, 6.07) is 0.285. The van der Waals surface area contributed by atoms with Crippen LogP contribution in [0, 0.1) is 6.92 Å². The van der Waals surface area contributed by atoms with Gasteiger partial charge < -0.3 is 15.2 Å². The van der Waals surface area contributed by atoms with Gasteiger partial charge in [-0.05, 0) is 19.4 Å². The van der Waals surface area contributed by atoms with Gasteiger partial charge in [0.2, 0.25) is 0 Å². The number of thiophene rings is 1. The van der Waals surface area contributed by atoms with Crippen molar-refractivity contribution in [3.63, 3.8) is 0 Å². The van der Waals surface area contributed by atoms with Gasteiger partial charge in [0, 0.05) is 4.88 Å². The maximum absolute atomic E-state index is 12.3. The van der Waals surface area contributed by atoms with Gasteiger partial charge in [-0.25, -0.2) is 4.79 Å². The zero-order chi connectivity index (χ0) is 16.0. The van der Waals surface area contributed by atoms with Crippen molar-refractivity contribution < 1.29 is 28.2 Å². The number of alkyl halides is 2. The third-order valence-corrected chi connectivity index (χ3v) is 3.72. The van der Waals surface area contributed by atoms with Crippen molar-refractivity contribution in [1.82, 2.24) is 5.32 Å². The van der Waals surface area contributed by atoms with Crippen molar-refractivity contribution in [1.29, 1.82) is 0 Å². The summed E-state index contributed by atoms with van der Waals surface area (Å²) in [4.78, 5) is 23.7. The summed E-state index contributed by atoms with van der Waals surface area (Å²) in [6.45, 7) is 0.504.